The van der Waals surface area contributed by atoms with Crippen molar-refractivity contribution >= 4 is 39.5 Å². The molecule has 5 rings (SSSR count). The van der Waals surface area contributed by atoms with E-state index < -0.39 is 5.97 Å². The molecule has 8 heteroatoms. The number of aliphatic carboxylic acids is 1. The summed E-state index contributed by atoms with van der Waals surface area (Å²) in [4.78, 5) is 15.1. The first-order valence-corrected chi connectivity index (χ1v) is 10.4. The number of carbonyl (C=O) groups is 1. The molecule has 0 saturated heterocycles. The van der Waals surface area contributed by atoms with Crippen LogP contribution in [0.4, 0.5) is 0 Å². The Morgan fingerprint density at radius 3 is 2.53 bits per heavy atom. The van der Waals surface area contributed by atoms with Crippen LogP contribution in [0, 0.1) is 0 Å². The van der Waals surface area contributed by atoms with Gasteiger partial charge in [-0.2, -0.15) is 10.1 Å². The van der Waals surface area contributed by atoms with Gasteiger partial charge in [0.05, 0.1) is 33.7 Å². The molecule has 0 amide bonds. The van der Waals surface area contributed by atoms with Gasteiger partial charge in [-0.25, -0.2) is 0 Å². The number of halogens is 1. The van der Waals surface area contributed by atoms with Gasteiger partial charge in [-0.3, -0.25) is 14.5 Å². The van der Waals surface area contributed by atoms with Crippen molar-refractivity contribution in [2.75, 3.05) is 0 Å². The summed E-state index contributed by atoms with van der Waals surface area (Å²) >= 11 is 6.54. The van der Waals surface area contributed by atoms with E-state index in [0.29, 0.717) is 17.1 Å². The van der Waals surface area contributed by atoms with Crippen molar-refractivity contribution in [3.63, 3.8) is 0 Å². The minimum absolute atomic E-state index is 0.0143. The first kappa shape index (κ1) is 20.1. The zero-order chi connectivity index (χ0) is 22.4. The van der Waals surface area contributed by atoms with Gasteiger partial charge in [0.1, 0.15) is 0 Å². The van der Waals surface area contributed by atoms with E-state index in [2.05, 4.69) is 15.2 Å². The molecular weight excluding hydrogens is 428 g/mol. The van der Waals surface area contributed by atoms with Crippen molar-refractivity contribution in [1.29, 1.82) is 0 Å². The molecule has 2 aromatic heterocycles. The molecule has 0 fully saturated rings. The molecule has 32 heavy (non-hydrogen) atoms. The fraction of sp³-hybridized carbons (Fsp3) is 0.125. The van der Waals surface area contributed by atoms with E-state index in [4.69, 9.17) is 16.7 Å². The van der Waals surface area contributed by atoms with Gasteiger partial charge in [0, 0.05) is 24.4 Å². The normalized spacial score (nSPS) is 11.4. The number of nitrogens with zero attached hydrogens (tertiary/aromatic N) is 3. The number of rotatable bonds is 5. The molecule has 3 aromatic carbocycles. The number of carboxylic acids is 1. The standard InChI is InChI=1S/C24H19ClN4O3/c1-29-22-8-6-15(10-21(22)26-24(29)32)13-2-4-14(5-3-13)16-11-17-19(7-9-23(30)31)27-28-20(17)12-18(16)25/h2-6,8,10-12H,7,9H2,1H3,(H,26,32)(H,27,28)(H,30,31). The number of imidazole rings is 1. The molecule has 0 unspecified atom stereocenters. The Bertz CT molecular complexity index is 1490. The Kier molecular flexibility index (Phi) is 4.83. The summed E-state index contributed by atoms with van der Waals surface area (Å²) in [6, 6.07) is 17.7. The van der Waals surface area contributed by atoms with Crippen molar-refractivity contribution in [2.45, 2.75) is 12.8 Å². The van der Waals surface area contributed by atoms with E-state index in [1.54, 1.807) is 11.6 Å². The smallest absolute Gasteiger partial charge is 0.303 e. The molecule has 0 atom stereocenters. The zero-order valence-corrected chi connectivity index (χ0v) is 17.9. The van der Waals surface area contributed by atoms with Crippen LogP contribution in [-0.2, 0) is 18.3 Å². The predicted molar refractivity (Wildman–Crippen MR) is 124 cm³/mol. The maximum atomic E-state index is 10.9. The number of hydrogen-bond donors (Lipinski definition) is 3. The first-order valence-electron chi connectivity index (χ1n) is 10.1. The van der Waals surface area contributed by atoms with Crippen LogP contribution in [0.3, 0.4) is 0 Å². The van der Waals surface area contributed by atoms with Crippen LogP contribution < -0.4 is 0 Å². The van der Waals surface area contributed by atoms with E-state index in [-0.39, 0.29) is 12.4 Å². The van der Waals surface area contributed by atoms with E-state index >= 15 is 0 Å². The highest BCUT2D eigenvalue weighted by Crippen LogP contribution is 2.34. The molecule has 7 nitrogen and oxygen atoms in total. The van der Waals surface area contributed by atoms with Gasteiger partial charge in [-0.05, 0) is 41.0 Å². The lowest BCUT2D eigenvalue weighted by Gasteiger charge is -2.08. The molecule has 0 aliphatic heterocycles. The summed E-state index contributed by atoms with van der Waals surface area (Å²) in [5.74, 6) is -0.856. The minimum atomic E-state index is -0.856. The fourth-order valence-corrected chi connectivity index (χ4v) is 4.21. The molecule has 5 aromatic rings. The second kappa shape index (κ2) is 7.69. The Labute approximate surface area is 187 Å². The second-order valence-electron chi connectivity index (χ2n) is 7.69. The molecule has 0 aliphatic rings. The van der Waals surface area contributed by atoms with Crippen molar-refractivity contribution in [2.24, 2.45) is 7.05 Å². The topological polar surface area (TPSA) is 104 Å². The van der Waals surface area contributed by atoms with Gasteiger partial charge in [-0.15, -0.1) is 0 Å². The number of hydrogen-bond acceptors (Lipinski definition) is 4. The van der Waals surface area contributed by atoms with Crippen LogP contribution >= 0.6 is 11.6 Å². The Balaban J connectivity index is 1.50. The number of aromatic hydroxyl groups is 1. The van der Waals surface area contributed by atoms with E-state index in [9.17, 15) is 9.90 Å². The van der Waals surface area contributed by atoms with E-state index in [1.807, 2.05) is 54.6 Å². The summed E-state index contributed by atoms with van der Waals surface area (Å²) in [6.07, 6.45) is 0.367. The highest BCUT2D eigenvalue weighted by atomic mass is 35.5. The molecule has 0 spiro atoms. The number of fused-ring (bicyclic) bond motifs is 2. The first-order chi connectivity index (χ1) is 15.4. The quantitative estimate of drug-likeness (QED) is 0.346. The number of aryl methyl sites for hydroxylation is 2. The molecular formula is C24H19ClN4O3. The van der Waals surface area contributed by atoms with Crippen molar-refractivity contribution in [1.82, 2.24) is 19.7 Å². The average molecular weight is 447 g/mol. The summed E-state index contributed by atoms with van der Waals surface area (Å²) < 4.78 is 1.64. The van der Waals surface area contributed by atoms with Gasteiger partial charge >= 0.3 is 5.97 Å². The molecule has 2 heterocycles. The van der Waals surface area contributed by atoms with Crippen LogP contribution in [0.15, 0.2) is 54.6 Å². The van der Waals surface area contributed by atoms with Crippen molar-refractivity contribution in [3.05, 3.63) is 65.3 Å². The third-order valence-electron chi connectivity index (χ3n) is 5.69. The monoisotopic (exact) mass is 446 g/mol. The summed E-state index contributed by atoms with van der Waals surface area (Å²) in [7, 11) is 1.77. The van der Waals surface area contributed by atoms with Crippen LogP contribution in [0.5, 0.6) is 6.01 Å². The summed E-state index contributed by atoms with van der Waals surface area (Å²) in [5.41, 5.74) is 6.90. The predicted octanol–water partition coefficient (Wildman–Crippen LogP) is 5.16. The van der Waals surface area contributed by atoms with Crippen molar-refractivity contribution < 1.29 is 15.0 Å². The van der Waals surface area contributed by atoms with Gasteiger partial charge < -0.3 is 10.2 Å². The zero-order valence-electron chi connectivity index (χ0n) is 17.1. The fourth-order valence-electron chi connectivity index (χ4n) is 3.94. The SMILES string of the molecule is Cn1c(O)nc2cc(-c3ccc(-c4cc5c(CCC(=O)O)n[nH]c5cc4Cl)cc3)ccc21. The van der Waals surface area contributed by atoms with E-state index in [1.165, 1.54) is 0 Å². The molecule has 0 bridgehead atoms. The highest BCUT2D eigenvalue weighted by molar-refractivity contribution is 6.34. The molecule has 0 aliphatic carbocycles. The Morgan fingerprint density at radius 2 is 1.78 bits per heavy atom. The molecule has 3 N–H and O–H groups in total. The van der Waals surface area contributed by atoms with Crippen LogP contribution in [0.1, 0.15) is 12.1 Å². The molecule has 160 valence electrons. The number of carboxylic acid groups (broad SMARTS) is 1. The Hall–Kier alpha value is -3.84. The van der Waals surface area contributed by atoms with Gasteiger partial charge in [0.15, 0.2) is 0 Å². The van der Waals surface area contributed by atoms with Gasteiger partial charge in [0.2, 0.25) is 0 Å². The lowest BCUT2D eigenvalue weighted by molar-refractivity contribution is -0.136. The summed E-state index contributed by atoms with van der Waals surface area (Å²) in [5, 5.41) is 27.5. The number of aromatic nitrogens is 4. The van der Waals surface area contributed by atoms with Crippen LogP contribution in [0.25, 0.3) is 44.2 Å². The highest BCUT2D eigenvalue weighted by Gasteiger charge is 2.13. The largest absolute Gasteiger partial charge is 0.481 e. The number of H-pyrrole nitrogens is 1. The number of nitrogens with one attached hydrogen (secondary N) is 1. The van der Waals surface area contributed by atoms with Gasteiger partial charge in [-0.1, -0.05) is 41.9 Å². The lowest BCUT2D eigenvalue weighted by Crippen LogP contribution is -1.98. The minimum Gasteiger partial charge on any atom is -0.481 e. The third kappa shape index (κ3) is 3.46. The molecule has 0 radical (unpaired) electrons. The maximum absolute atomic E-state index is 10.9. The Morgan fingerprint density at radius 1 is 1.06 bits per heavy atom. The lowest BCUT2D eigenvalue weighted by atomic mass is 9.98. The average Bonchev–Trinajstić information content (AvgIpc) is 3.31. The second-order valence-corrected chi connectivity index (χ2v) is 8.10. The molecule has 0 saturated carbocycles. The third-order valence-corrected chi connectivity index (χ3v) is 6.00. The van der Waals surface area contributed by atoms with E-state index in [0.717, 1.165) is 44.2 Å². The number of aromatic amines is 1. The summed E-state index contributed by atoms with van der Waals surface area (Å²) in [6.45, 7) is 0. The number of benzene rings is 3. The van der Waals surface area contributed by atoms with Gasteiger partial charge in [0.25, 0.3) is 6.01 Å². The van der Waals surface area contributed by atoms with Crippen LogP contribution in [0.2, 0.25) is 5.02 Å². The van der Waals surface area contributed by atoms with Crippen molar-refractivity contribution in [3.8, 4) is 28.3 Å². The maximum Gasteiger partial charge on any atom is 0.303 e. The van der Waals surface area contributed by atoms with Crippen LogP contribution in [-0.4, -0.2) is 35.9 Å².